The van der Waals surface area contributed by atoms with Crippen molar-refractivity contribution in [1.29, 1.82) is 0 Å². The zero-order valence-corrected chi connectivity index (χ0v) is 11.2. The smallest absolute Gasteiger partial charge is 0.295 e. The van der Waals surface area contributed by atoms with Crippen molar-refractivity contribution in [1.82, 2.24) is 14.5 Å². The minimum absolute atomic E-state index is 0.336. The Morgan fingerprint density at radius 2 is 2.05 bits per heavy atom. The Morgan fingerprint density at radius 1 is 1.32 bits per heavy atom. The molecule has 0 N–H and O–H groups in total. The SMILES string of the molecule is CN(Cc1ccccc1Cl)Cc1nccn1C(F)F. The van der Waals surface area contributed by atoms with Crippen LogP contribution in [0.25, 0.3) is 0 Å². The molecule has 0 spiro atoms. The number of alkyl halides is 2. The van der Waals surface area contributed by atoms with E-state index in [4.69, 9.17) is 11.6 Å². The van der Waals surface area contributed by atoms with Crippen molar-refractivity contribution in [2.24, 2.45) is 0 Å². The van der Waals surface area contributed by atoms with E-state index in [9.17, 15) is 8.78 Å². The summed E-state index contributed by atoms with van der Waals surface area (Å²) in [6, 6.07) is 7.48. The van der Waals surface area contributed by atoms with Crippen LogP contribution in [0.1, 0.15) is 17.9 Å². The molecule has 0 amide bonds. The van der Waals surface area contributed by atoms with Gasteiger partial charge in [-0.1, -0.05) is 29.8 Å². The highest BCUT2D eigenvalue weighted by Crippen LogP contribution is 2.18. The summed E-state index contributed by atoms with van der Waals surface area (Å²) in [5, 5.41) is 0.673. The molecule has 19 heavy (non-hydrogen) atoms. The Hall–Kier alpha value is -1.46. The topological polar surface area (TPSA) is 21.1 Å². The van der Waals surface area contributed by atoms with Crippen LogP contribution in [0.2, 0.25) is 5.02 Å². The average molecular weight is 286 g/mol. The quantitative estimate of drug-likeness (QED) is 0.837. The number of halogens is 3. The maximum absolute atomic E-state index is 12.7. The molecule has 0 bridgehead atoms. The fourth-order valence-corrected chi connectivity index (χ4v) is 2.05. The number of nitrogens with zero attached hydrogens (tertiary/aromatic N) is 3. The minimum Gasteiger partial charge on any atom is -0.295 e. The lowest BCUT2D eigenvalue weighted by Crippen LogP contribution is -2.20. The van der Waals surface area contributed by atoms with E-state index in [0.29, 0.717) is 23.9 Å². The lowest BCUT2D eigenvalue weighted by atomic mass is 10.2. The summed E-state index contributed by atoms with van der Waals surface area (Å²) in [5.74, 6) is 0.338. The standard InChI is InChI=1S/C13H14ClF2N3/c1-18(8-10-4-2-3-5-11(10)14)9-12-17-6-7-19(12)13(15)16/h2-7,13H,8-9H2,1H3. The van der Waals surface area contributed by atoms with Gasteiger partial charge in [-0.15, -0.1) is 0 Å². The van der Waals surface area contributed by atoms with E-state index in [1.807, 2.05) is 36.2 Å². The molecule has 0 aliphatic heterocycles. The summed E-state index contributed by atoms with van der Waals surface area (Å²) in [6.07, 6.45) is 2.66. The van der Waals surface area contributed by atoms with Crippen LogP contribution >= 0.6 is 11.6 Å². The van der Waals surface area contributed by atoms with E-state index < -0.39 is 6.55 Å². The molecule has 6 heteroatoms. The first kappa shape index (κ1) is 14.0. The van der Waals surface area contributed by atoms with Crippen LogP contribution < -0.4 is 0 Å². The normalized spacial score (nSPS) is 11.5. The van der Waals surface area contributed by atoms with E-state index in [1.165, 1.54) is 12.4 Å². The predicted octanol–water partition coefficient (Wildman–Crippen LogP) is 3.56. The number of benzene rings is 1. The van der Waals surface area contributed by atoms with E-state index in [2.05, 4.69) is 4.98 Å². The minimum atomic E-state index is -2.56. The second-order valence-electron chi connectivity index (χ2n) is 4.29. The van der Waals surface area contributed by atoms with Crippen molar-refractivity contribution in [2.45, 2.75) is 19.6 Å². The molecule has 0 aliphatic carbocycles. The Labute approximate surface area is 115 Å². The molecule has 0 aliphatic rings. The molecule has 1 aromatic carbocycles. The molecule has 0 fully saturated rings. The monoisotopic (exact) mass is 285 g/mol. The molecule has 1 heterocycles. The third-order valence-corrected chi connectivity index (χ3v) is 3.14. The molecule has 1 aromatic heterocycles. The molecule has 0 unspecified atom stereocenters. The van der Waals surface area contributed by atoms with Gasteiger partial charge < -0.3 is 0 Å². The Balaban J connectivity index is 2.03. The van der Waals surface area contributed by atoms with Crippen molar-refractivity contribution in [3.8, 4) is 0 Å². The highest BCUT2D eigenvalue weighted by atomic mass is 35.5. The largest absolute Gasteiger partial charge is 0.319 e. The fourth-order valence-electron chi connectivity index (χ4n) is 1.86. The zero-order valence-electron chi connectivity index (χ0n) is 10.4. The fraction of sp³-hybridized carbons (Fsp3) is 0.308. The lowest BCUT2D eigenvalue weighted by molar-refractivity contribution is 0.0644. The van der Waals surface area contributed by atoms with Crippen LogP contribution in [0.15, 0.2) is 36.7 Å². The molecule has 3 nitrogen and oxygen atoms in total. The maximum Gasteiger partial charge on any atom is 0.319 e. The van der Waals surface area contributed by atoms with Crippen molar-refractivity contribution in [3.63, 3.8) is 0 Å². The van der Waals surface area contributed by atoms with Crippen molar-refractivity contribution >= 4 is 11.6 Å². The van der Waals surface area contributed by atoms with Gasteiger partial charge in [0.15, 0.2) is 0 Å². The van der Waals surface area contributed by atoms with Crippen LogP contribution in [0.4, 0.5) is 8.78 Å². The van der Waals surface area contributed by atoms with Gasteiger partial charge in [-0.25, -0.2) is 4.98 Å². The van der Waals surface area contributed by atoms with Crippen molar-refractivity contribution in [3.05, 3.63) is 53.1 Å². The highest BCUT2D eigenvalue weighted by molar-refractivity contribution is 6.31. The molecule has 2 aromatic rings. The number of hydrogen-bond donors (Lipinski definition) is 0. The molecule has 0 saturated carbocycles. The lowest BCUT2D eigenvalue weighted by Gasteiger charge is -2.17. The second kappa shape index (κ2) is 6.12. The first-order valence-electron chi connectivity index (χ1n) is 5.79. The number of aromatic nitrogens is 2. The van der Waals surface area contributed by atoms with E-state index >= 15 is 0 Å². The summed E-state index contributed by atoms with van der Waals surface area (Å²) in [4.78, 5) is 5.84. The summed E-state index contributed by atoms with van der Waals surface area (Å²) in [7, 11) is 1.84. The van der Waals surface area contributed by atoms with E-state index in [1.54, 1.807) is 0 Å². The third kappa shape index (κ3) is 3.52. The van der Waals surface area contributed by atoms with Crippen LogP contribution in [0.3, 0.4) is 0 Å². The molecular formula is C13H14ClF2N3. The zero-order chi connectivity index (χ0) is 13.8. The van der Waals surface area contributed by atoms with Crippen molar-refractivity contribution < 1.29 is 8.78 Å². The summed E-state index contributed by atoms with van der Waals surface area (Å²) < 4.78 is 26.2. The van der Waals surface area contributed by atoms with Gasteiger partial charge in [-0.05, 0) is 18.7 Å². The van der Waals surface area contributed by atoms with Crippen molar-refractivity contribution in [2.75, 3.05) is 7.05 Å². The van der Waals surface area contributed by atoms with Gasteiger partial charge in [-0.2, -0.15) is 8.78 Å². The summed E-state index contributed by atoms with van der Waals surface area (Å²) >= 11 is 6.06. The first-order chi connectivity index (χ1) is 9.08. The third-order valence-electron chi connectivity index (χ3n) is 2.77. The van der Waals surface area contributed by atoms with Gasteiger partial charge >= 0.3 is 6.55 Å². The van der Waals surface area contributed by atoms with Crippen LogP contribution in [-0.2, 0) is 13.1 Å². The second-order valence-corrected chi connectivity index (χ2v) is 4.70. The summed E-state index contributed by atoms with van der Waals surface area (Å²) in [6.45, 7) is -1.65. The average Bonchev–Trinajstić information content (AvgIpc) is 2.80. The van der Waals surface area contributed by atoms with Crippen LogP contribution in [0.5, 0.6) is 0 Å². The molecule has 102 valence electrons. The number of rotatable bonds is 5. The van der Waals surface area contributed by atoms with Gasteiger partial charge in [0, 0.05) is 24.0 Å². The van der Waals surface area contributed by atoms with E-state index in [0.717, 1.165) is 10.1 Å². The van der Waals surface area contributed by atoms with Crippen LogP contribution in [0, 0.1) is 0 Å². The summed E-state index contributed by atoms with van der Waals surface area (Å²) in [5.41, 5.74) is 0.960. The van der Waals surface area contributed by atoms with Gasteiger partial charge in [0.1, 0.15) is 5.82 Å². The predicted molar refractivity (Wildman–Crippen MR) is 70.1 cm³/mol. The maximum atomic E-state index is 12.7. The molecule has 0 atom stereocenters. The van der Waals surface area contributed by atoms with Gasteiger partial charge in [0.05, 0.1) is 6.54 Å². The Kier molecular flexibility index (Phi) is 4.50. The molecule has 0 saturated heterocycles. The van der Waals surface area contributed by atoms with E-state index in [-0.39, 0.29) is 0 Å². The molecule has 0 radical (unpaired) electrons. The molecular weight excluding hydrogens is 272 g/mol. The van der Waals surface area contributed by atoms with Gasteiger partial charge in [-0.3, -0.25) is 9.47 Å². The molecule has 2 rings (SSSR count). The number of hydrogen-bond acceptors (Lipinski definition) is 2. The Morgan fingerprint density at radius 3 is 2.74 bits per heavy atom. The van der Waals surface area contributed by atoms with Crippen LogP contribution in [-0.4, -0.2) is 21.5 Å². The highest BCUT2D eigenvalue weighted by Gasteiger charge is 2.13. The number of imidazole rings is 1. The van der Waals surface area contributed by atoms with Gasteiger partial charge in [0.2, 0.25) is 0 Å². The first-order valence-corrected chi connectivity index (χ1v) is 6.17. The Bertz CT molecular complexity index is 542. The van der Waals surface area contributed by atoms with Gasteiger partial charge in [0.25, 0.3) is 0 Å².